The molecule has 25 heavy (non-hydrogen) atoms. The first-order valence-corrected chi connectivity index (χ1v) is 8.30. The molecule has 4 aromatic rings. The lowest BCUT2D eigenvalue weighted by Crippen LogP contribution is -2.02. The van der Waals surface area contributed by atoms with Gasteiger partial charge in [0, 0.05) is 30.1 Å². The summed E-state index contributed by atoms with van der Waals surface area (Å²) in [6.07, 6.45) is 4.85. The number of hydrogen-bond donors (Lipinski definition) is 1. The summed E-state index contributed by atoms with van der Waals surface area (Å²) >= 11 is 0. The summed E-state index contributed by atoms with van der Waals surface area (Å²) < 4.78 is 7.98. The predicted octanol–water partition coefficient (Wildman–Crippen LogP) is 4.21. The topological polar surface area (TPSA) is 52.5 Å². The Morgan fingerprint density at radius 2 is 1.72 bits per heavy atom. The number of aromatic nitrogens is 2. The maximum atomic E-state index is 5.99. The zero-order valence-corrected chi connectivity index (χ0v) is 13.8. The van der Waals surface area contributed by atoms with E-state index >= 15 is 0 Å². The molecule has 4 nitrogen and oxygen atoms in total. The van der Waals surface area contributed by atoms with E-state index in [-0.39, 0.29) is 0 Å². The Balaban J connectivity index is 1.56. The average molecular weight is 329 g/mol. The first-order valence-electron chi connectivity index (χ1n) is 8.30. The number of imidazole rings is 1. The predicted molar refractivity (Wildman–Crippen MR) is 101 cm³/mol. The fourth-order valence-corrected chi connectivity index (χ4v) is 2.82. The molecule has 0 unspecified atom stereocenters. The van der Waals surface area contributed by atoms with Gasteiger partial charge in [0.15, 0.2) is 11.4 Å². The van der Waals surface area contributed by atoms with Gasteiger partial charge in [0.25, 0.3) is 0 Å². The molecule has 2 aromatic heterocycles. The Hall–Kier alpha value is -3.27. The molecule has 0 fully saturated rings. The van der Waals surface area contributed by atoms with E-state index in [1.807, 2.05) is 71.4 Å². The minimum atomic E-state index is 0.619. The molecule has 2 aromatic carbocycles. The number of nitrogens with two attached hydrogens (primary N) is 1. The Morgan fingerprint density at radius 1 is 0.920 bits per heavy atom. The second kappa shape index (κ2) is 6.69. The van der Waals surface area contributed by atoms with Crippen molar-refractivity contribution in [2.24, 2.45) is 0 Å². The van der Waals surface area contributed by atoms with Gasteiger partial charge in [-0.25, -0.2) is 4.98 Å². The number of anilines is 1. The van der Waals surface area contributed by atoms with Crippen molar-refractivity contribution in [2.75, 3.05) is 12.3 Å². The smallest absolute Gasteiger partial charge is 0.180 e. The van der Waals surface area contributed by atoms with Crippen LogP contribution < -0.4 is 10.5 Å². The third-order valence-electron chi connectivity index (χ3n) is 4.14. The number of nitrogen functional groups attached to an aromatic ring is 1. The van der Waals surface area contributed by atoms with Gasteiger partial charge in [-0.05, 0) is 29.8 Å². The fraction of sp³-hybridized carbons (Fsp3) is 0.0952. The summed E-state index contributed by atoms with van der Waals surface area (Å²) in [5.41, 5.74) is 10.5. The largest absolute Gasteiger partial charge is 0.489 e. The van der Waals surface area contributed by atoms with E-state index < -0.39 is 0 Å². The molecule has 2 heterocycles. The number of fused-ring (bicyclic) bond motifs is 1. The molecule has 0 atom stereocenters. The Morgan fingerprint density at radius 3 is 2.52 bits per heavy atom. The summed E-state index contributed by atoms with van der Waals surface area (Å²) in [6.45, 7) is 0.619. The van der Waals surface area contributed by atoms with Crippen LogP contribution in [0.1, 0.15) is 5.56 Å². The molecule has 0 saturated carbocycles. The van der Waals surface area contributed by atoms with Crippen LogP contribution >= 0.6 is 0 Å². The first kappa shape index (κ1) is 15.3. The van der Waals surface area contributed by atoms with Gasteiger partial charge in [0.2, 0.25) is 0 Å². The van der Waals surface area contributed by atoms with Crippen molar-refractivity contribution in [2.45, 2.75) is 6.42 Å². The third-order valence-corrected chi connectivity index (χ3v) is 4.14. The number of nitrogens with zero attached hydrogens (tertiary/aromatic N) is 2. The quantitative estimate of drug-likeness (QED) is 0.558. The molecule has 0 aliphatic heterocycles. The van der Waals surface area contributed by atoms with Crippen LogP contribution in [0.4, 0.5) is 5.69 Å². The first-order chi connectivity index (χ1) is 12.3. The molecule has 0 saturated heterocycles. The summed E-state index contributed by atoms with van der Waals surface area (Å²) in [5.74, 6) is 0.792. The zero-order chi connectivity index (χ0) is 17.1. The van der Waals surface area contributed by atoms with Gasteiger partial charge in [0.05, 0.1) is 12.3 Å². The molecule has 2 N–H and O–H groups in total. The molecule has 0 amide bonds. The summed E-state index contributed by atoms with van der Waals surface area (Å²) in [7, 11) is 0. The molecule has 0 radical (unpaired) electrons. The Labute approximate surface area is 146 Å². The van der Waals surface area contributed by atoms with Crippen molar-refractivity contribution < 1.29 is 4.74 Å². The van der Waals surface area contributed by atoms with Gasteiger partial charge in [-0.3, -0.25) is 0 Å². The maximum absolute atomic E-state index is 5.99. The SMILES string of the molecule is Nc1ccc(-c2cn3cccc(OCCc4ccccc4)c3n2)cc1. The molecule has 0 aliphatic carbocycles. The minimum Gasteiger partial charge on any atom is -0.489 e. The van der Waals surface area contributed by atoms with E-state index in [4.69, 9.17) is 15.5 Å². The molecule has 4 heteroatoms. The van der Waals surface area contributed by atoms with Gasteiger partial charge in [0.1, 0.15) is 0 Å². The van der Waals surface area contributed by atoms with Crippen molar-refractivity contribution in [1.82, 2.24) is 9.38 Å². The highest BCUT2D eigenvalue weighted by atomic mass is 16.5. The third kappa shape index (κ3) is 3.33. The van der Waals surface area contributed by atoms with Gasteiger partial charge in [-0.15, -0.1) is 0 Å². The Kier molecular flexibility index (Phi) is 4.09. The number of ether oxygens (including phenoxy) is 1. The lowest BCUT2D eigenvalue weighted by molar-refractivity contribution is 0.324. The van der Waals surface area contributed by atoms with Gasteiger partial charge < -0.3 is 14.9 Å². The number of rotatable bonds is 5. The van der Waals surface area contributed by atoms with Crippen molar-refractivity contribution >= 4 is 11.3 Å². The molecular formula is C21H19N3O. The van der Waals surface area contributed by atoms with Gasteiger partial charge in [-0.2, -0.15) is 0 Å². The van der Waals surface area contributed by atoms with E-state index in [1.165, 1.54) is 5.56 Å². The molecule has 4 rings (SSSR count). The highest BCUT2D eigenvalue weighted by Gasteiger charge is 2.09. The summed E-state index contributed by atoms with van der Waals surface area (Å²) in [5, 5.41) is 0. The number of pyridine rings is 1. The van der Waals surface area contributed by atoms with E-state index in [9.17, 15) is 0 Å². The monoisotopic (exact) mass is 329 g/mol. The van der Waals surface area contributed by atoms with Crippen molar-refractivity contribution in [3.05, 3.63) is 84.7 Å². The summed E-state index contributed by atoms with van der Waals surface area (Å²) in [4.78, 5) is 4.74. The standard InChI is InChI=1S/C21H19N3O/c22-18-10-8-17(9-11-18)19-15-24-13-4-7-20(21(24)23-19)25-14-12-16-5-2-1-3-6-16/h1-11,13,15H,12,14,22H2. The van der Waals surface area contributed by atoms with E-state index in [2.05, 4.69) is 12.1 Å². The molecule has 0 spiro atoms. The molecule has 0 bridgehead atoms. The van der Waals surface area contributed by atoms with Crippen LogP contribution in [-0.4, -0.2) is 16.0 Å². The lowest BCUT2D eigenvalue weighted by atomic mass is 10.1. The van der Waals surface area contributed by atoms with Gasteiger partial charge in [-0.1, -0.05) is 42.5 Å². The van der Waals surface area contributed by atoms with Crippen LogP contribution in [0.25, 0.3) is 16.9 Å². The fourth-order valence-electron chi connectivity index (χ4n) is 2.82. The van der Waals surface area contributed by atoms with Crippen LogP contribution in [0.15, 0.2) is 79.1 Å². The second-order valence-corrected chi connectivity index (χ2v) is 5.94. The van der Waals surface area contributed by atoms with E-state index in [0.29, 0.717) is 6.61 Å². The lowest BCUT2D eigenvalue weighted by Gasteiger charge is -2.07. The van der Waals surface area contributed by atoms with Crippen LogP contribution in [0.3, 0.4) is 0 Å². The maximum Gasteiger partial charge on any atom is 0.180 e. The highest BCUT2D eigenvalue weighted by Crippen LogP contribution is 2.25. The minimum absolute atomic E-state index is 0.619. The van der Waals surface area contributed by atoms with E-state index in [1.54, 1.807) is 0 Å². The molecule has 0 aliphatic rings. The summed E-state index contributed by atoms with van der Waals surface area (Å²) in [6, 6.07) is 22.0. The average Bonchev–Trinajstić information content (AvgIpc) is 3.08. The highest BCUT2D eigenvalue weighted by molar-refractivity contribution is 5.67. The number of hydrogen-bond acceptors (Lipinski definition) is 3. The normalized spacial score (nSPS) is 10.9. The van der Waals surface area contributed by atoms with Crippen LogP contribution in [0, 0.1) is 0 Å². The van der Waals surface area contributed by atoms with Crippen LogP contribution in [0.5, 0.6) is 5.75 Å². The molecule has 124 valence electrons. The van der Waals surface area contributed by atoms with Crippen LogP contribution in [0.2, 0.25) is 0 Å². The van der Waals surface area contributed by atoms with Gasteiger partial charge >= 0.3 is 0 Å². The van der Waals surface area contributed by atoms with Crippen molar-refractivity contribution in [3.63, 3.8) is 0 Å². The second-order valence-electron chi connectivity index (χ2n) is 5.94. The van der Waals surface area contributed by atoms with Crippen LogP contribution in [-0.2, 0) is 6.42 Å². The molecular weight excluding hydrogens is 310 g/mol. The van der Waals surface area contributed by atoms with Crippen molar-refractivity contribution in [3.8, 4) is 17.0 Å². The zero-order valence-electron chi connectivity index (χ0n) is 13.8. The van der Waals surface area contributed by atoms with Crippen molar-refractivity contribution in [1.29, 1.82) is 0 Å². The number of benzene rings is 2. The van der Waals surface area contributed by atoms with E-state index in [0.717, 1.165) is 34.8 Å². The Bertz CT molecular complexity index is 975.